The van der Waals surface area contributed by atoms with E-state index < -0.39 is 0 Å². The molecule has 2 aromatic carbocycles. The summed E-state index contributed by atoms with van der Waals surface area (Å²) in [5.41, 5.74) is 3.75. The number of hydrogen-bond donors (Lipinski definition) is 2. The molecule has 0 saturated carbocycles. The van der Waals surface area contributed by atoms with Crippen molar-refractivity contribution in [1.82, 2.24) is 10.6 Å². The quantitative estimate of drug-likeness (QED) is 0.479. The molecule has 5 nitrogen and oxygen atoms in total. The van der Waals surface area contributed by atoms with Crippen LogP contribution in [0.3, 0.4) is 0 Å². The fourth-order valence-corrected chi connectivity index (χ4v) is 2.99. The first kappa shape index (κ1) is 21.8. The van der Waals surface area contributed by atoms with Crippen LogP contribution >= 0.6 is 0 Å². The van der Waals surface area contributed by atoms with Crippen molar-refractivity contribution in [2.45, 2.75) is 39.3 Å². The number of guanidine groups is 1. The van der Waals surface area contributed by atoms with Gasteiger partial charge in [-0.3, -0.25) is 4.99 Å². The van der Waals surface area contributed by atoms with E-state index >= 15 is 0 Å². The number of benzene rings is 2. The van der Waals surface area contributed by atoms with Crippen molar-refractivity contribution in [2.75, 3.05) is 27.3 Å². The van der Waals surface area contributed by atoms with Gasteiger partial charge >= 0.3 is 0 Å². The van der Waals surface area contributed by atoms with Crippen LogP contribution in [0.5, 0.6) is 5.75 Å². The zero-order valence-electron chi connectivity index (χ0n) is 17.5. The summed E-state index contributed by atoms with van der Waals surface area (Å²) >= 11 is 0. The van der Waals surface area contributed by atoms with Gasteiger partial charge in [0.2, 0.25) is 0 Å². The molecule has 0 radical (unpaired) electrons. The average molecular weight is 384 g/mol. The molecule has 1 unspecified atom stereocenters. The van der Waals surface area contributed by atoms with Gasteiger partial charge in [-0.05, 0) is 48.1 Å². The van der Waals surface area contributed by atoms with Crippen molar-refractivity contribution < 1.29 is 9.47 Å². The van der Waals surface area contributed by atoms with E-state index in [0.717, 1.165) is 37.8 Å². The third kappa shape index (κ3) is 6.89. The van der Waals surface area contributed by atoms with Gasteiger partial charge in [-0.25, -0.2) is 0 Å². The lowest BCUT2D eigenvalue weighted by Crippen LogP contribution is -2.37. The van der Waals surface area contributed by atoms with Crippen LogP contribution in [0.2, 0.25) is 0 Å². The smallest absolute Gasteiger partial charge is 0.191 e. The average Bonchev–Trinajstić information content (AvgIpc) is 2.75. The van der Waals surface area contributed by atoms with E-state index in [1.807, 2.05) is 25.1 Å². The SMILES string of the molecule is CCOCc1ccccc1CNC(=NC)NCCC(C)c1ccc(OC)cc1. The van der Waals surface area contributed by atoms with E-state index in [4.69, 9.17) is 9.47 Å². The van der Waals surface area contributed by atoms with Gasteiger partial charge in [-0.2, -0.15) is 0 Å². The number of aliphatic imine (C=N–C) groups is 1. The molecule has 2 rings (SSSR count). The molecular formula is C23H33N3O2. The summed E-state index contributed by atoms with van der Waals surface area (Å²) in [5, 5.41) is 6.81. The van der Waals surface area contributed by atoms with Crippen LogP contribution in [0.15, 0.2) is 53.5 Å². The van der Waals surface area contributed by atoms with Crippen LogP contribution in [-0.4, -0.2) is 33.3 Å². The lowest BCUT2D eigenvalue weighted by Gasteiger charge is -2.16. The maximum absolute atomic E-state index is 5.56. The van der Waals surface area contributed by atoms with Gasteiger partial charge in [0.05, 0.1) is 13.7 Å². The van der Waals surface area contributed by atoms with E-state index in [2.05, 4.69) is 52.9 Å². The molecule has 2 N–H and O–H groups in total. The topological polar surface area (TPSA) is 54.9 Å². The summed E-state index contributed by atoms with van der Waals surface area (Å²) in [6.07, 6.45) is 1.02. The van der Waals surface area contributed by atoms with Gasteiger partial charge in [0.15, 0.2) is 5.96 Å². The molecule has 0 spiro atoms. The number of methoxy groups -OCH3 is 1. The largest absolute Gasteiger partial charge is 0.497 e. The van der Waals surface area contributed by atoms with Crippen LogP contribution < -0.4 is 15.4 Å². The normalized spacial score (nSPS) is 12.5. The summed E-state index contributed by atoms with van der Waals surface area (Å²) < 4.78 is 10.8. The predicted molar refractivity (Wildman–Crippen MR) is 116 cm³/mol. The minimum Gasteiger partial charge on any atom is -0.497 e. The fraction of sp³-hybridized carbons (Fsp3) is 0.435. The molecule has 2 aromatic rings. The Morgan fingerprint density at radius 1 is 1.04 bits per heavy atom. The molecule has 0 saturated heterocycles. The molecule has 0 aliphatic heterocycles. The zero-order chi connectivity index (χ0) is 20.2. The molecule has 0 amide bonds. The maximum atomic E-state index is 5.56. The Labute approximate surface area is 169 Å². The number of nitrogens with one attached hydrogen (secondary N) is 2. The highest BCUT2D eigenvalue weighted by Crippen LogP contribution is 2.21. The minimum absolute atomic E-state index is 0.462. The lowest BCUT2D eigenvalue weighted by molar-refractivity contribution is 0.133. The molecule has 0 aromatic heterocycles. The number of ether oxygens (including phenoxy) is 2. The Morgan fingerprint density at radius 2 is 1.75 bits per heavy atom. The minimum atomic E-state index is 0.462. The van der Waals surface area contributed by atoms with Crippen LogP contribution in [0.25, 0.3) is 0 Å². The molecule has 1 atom stereocenters. The highest BCUT2D eigenvalue weighted by atomic mass is 16.5. The van der Waals surface area contributed by atoms with Gasteiger partial charge in [-0.15, -0.1) is 0 Å². The maximum Gasteiger partial charge on any atom is 0.191 e. The summed E-state index contributed by atoms with van der Waals surface area (Å²) in [6.45, 7) is 7.19. The summed E-state index contributed by atoms with van der Waals surface area (Å²) in [6, 6.07) is 16.6. The van der Waals surface area contributed by atoms with Crippen molar-refractivity contribution in [2.24, 2.45) is 4.99 Å². The molecule has 0 aliphatic rings. The van der Waals surface area contributed by atoms with Crippen molar-refractivity contribution in [3.05, 3.63) is 65.2 Å². The summed E-state index contributed by atoms with van der Waals surface area (Å²) in [4.78, 5) is 4.33. The Balaban J connectivity index is 1.80. The third-order valence-corrected chi connectivity index (χ3v) is 4.80. The van der Waals surface area contributed by atoms with E-state index in [-0.39, 0.29) is 0 Å². The number of hydrogen-bond acceptors (Lipinski definition) is 3. The highest BCUT2D eigenvalue weighted by molar-refractivity contribution is 5.79. The Morgan fingerprint density at radius 3 is 2.39 bits per heavy atom. The lowest BCUT2D eigenvalue weighted by atomic mass is 9.98. The number of nitrogens with zero attached hydrogens (tertiary/aromatic N) is 1. The molecule has 28 heavy (non-hydrogen) atoms. The molecule has 0 bridgehead atoms. The van der Waals surface area contributed by atoms with E-state index in [0.29, 0.717) is 12.5 Å². The van der Waals surface area contributed by atoms with Gasteiger partial charge in [0.25, 0.3) is 0 Å². The second kappa shape index (κ2) is 12.0. The Hall–Kier alpha value is -2.53. The third-order valence-electron chi connectivity index (χ3n) is 4.80. The van der Waals surface area contributed by atoms with E-state index in [1.165, 1.54) is 16.7 Å². The molecule has 152 valence electrons. The molecular weight excluding hydrogens is 350 g/mol. The Bertz CT molecular complexity index is 729. The van der Waals surface area contributed by atoms with Crippen molar-refractivity contribution in [3.63, 3.8) is 0 Å². The van der Waals surface area contributed by atoms with Crippen LogP contribution in [-0.2, 0) is 17.9 Å². The van der Waals surface area contributed by atoms with Crippen LogP contribution in [0.4, 0.5) is 0 Å². The van der Waals surface area contributed by atoms with Crippen molar-refractivity contribution in [1.29, 1.82) is 0 Å². The standard InChI is InChI=1S/C23H33N3O2/c1-5-28-17-21-9-7-6-8-20(21)16-26-23(24-3)25-15-14-18(2)19-10-12-22(27-4)13-11-19/h6-13,18H,5,14-17H2,1-4H3,(H2,24,25,26). The van der Waals surface area contributed by atoms with Crippen LogP contribution in [0, 0.1) is 0 Å². The van der Waals surface area contributed by atoms with Crippen molar-refractivity contribution >= 4 is 5.96 Å². The molecule has 5 heteroatoms. The summed E-state index contributed by atoms with van der Waals surface area (Å²) in [5.74, 6) is 2.17. The first-order valence-electron chi connectivity index (χ1n) is 9.90. The highest BCUT2D eigenvalue weighted by Gasteiger charge is 2.07. The van der Waals surface area contributed by atoms with Gasteiger partial charge in [0, 0.05) is 26.7 Å². The summed E-state index contributed by atoms with van der Waals surface area (Å²) in [7, 11) is 3.49. The first-order valence-corrected chi connectivity index (χ1v) is 9.90. The molecule has 0 fully saturated rings. The second-order valence-corrected chi connectivity index (χ2v) is 6.72. The zero-order valence-corrected chi connectivity index (χ0v) is 17.5. The predicted octanol–water partition coefficient (Wildman–Crippen LogP) is 4.09. The second-order valence-electron chi connectivity index (χ2n) is 6.72. The molecule has 0 aliphatic carbocycles. The van der Waals surface area contributed by atoms with E-state index in [9.17, 15) is 0 Å². The van der Waals surface area contributed by atoms with Crippen molar-refractivity contribution in [3.8, 4) is 5.75 Å². The molecule has 0 heterocycles. The van der Waals surface area contributed by atoms with E-state index in [1.54, 1.807) is 14.2 Å². The van der Waals surface area contributed by atoms with Gasteiger partial charge < -0.3 is 20.1 Å². The number of rotatable bonds is 10. The Kier molecular flexibility index (Phi) is 9.35. The first-order chi connectivity index (χ1) is 13.7. The fourth-order valence-electron chi connectivity index (χ4n) is 2.99. The van der Waals surface area contributed by atoms with Gasteiger partial charge in [-0.1, -0.05) is 43.3 Å². The van der Waals surface area contributed by atoms with Crippen LogP contribution in [0.1, 0.15) is 42.9 Å². The van der Waals surface area contributed by atoms with Gasteiger partial charge in [0.1, 0.15) is 5.75 Å². The monoisotopic (exact) mass is 383 g/mol.